The molecule has 0 aromatic carbocycles. The van der Waals surface area contributed by atoms with Crippen LogP contribution in [0.4, 0.5) is 0 Å². The van der Waals surface area contributed by atoms with E-state index < -0.39 is 0 Å². The minimum absolute atomic E-state index is 0.718. The average Bonchev–Trinajstić information content (AvgIpc) is 2.69. The standard InChI is InChI=1S/C22H36BN/c1-4-11-19(12-5-1)22-17-10-18-23(20-13-6-2-7-14-20)24(22)21-15-8-3-9-16-21/h10,17-21H,1-9,11-16H2. The summed E-state index contributed by atoms with van der Waals surface area (Å²) in [6.45, 7) is 0.718. The summed E-state index contributed by atoms with van der Waals surface area (Å²) < 4.78 is 0. The van der Waals surface area contributed by atoms with Gasteiger partial charge in [-0.2, -0.15) is 0 Å². The van der Waals surface area contributed by atoms with Crippen molar-refractivity contribution >= 4 is 6.85 Å². The Kier molecular flexibility index (Phi) is 5.70. The van der Waals surface area contributed by atoms with Crippen LogP contribution in [0, 0.1) is 5.92 Å². The highest BCUT2D eigenvalue weighted by Gasteiger charge is 2.39. The van der Waals surface area contributed by atoms with E-state index in [9.17, 15) is 0 Å². The molecule has 0 radical (unpaired) electrons. The van der Waals surface area contributed by atoms with Crippen LogP contribution in [0.15, 0.2) is 23.8 Å². The molecule has 2 heteroatoms. The van der Waals surface area contributed by atoms with Crippen LogP contribution >= 0.6 is 0 Å². The first-order valence-corrected chi connectivity index (χ1v) is 11.1. The van der Waals surface area contributed by atoms with Crippen LogP contribution in [0.25, 0.3) is 0 Å². The van der Waals surface area contributed by atoms with E-state index in [2.05, 4.69) is 22.9 Å². The Bertz CT molecular complexity index is 451. The minimum Gasteiger partial charge on any atom is -0.411 e. The maximum Gasteiger partial charge on any atom is 0.284 e. The van der Waals surface area contributed by atoms with Crippen molar-refractivity contribution in [2.75, 3.05) is 0 Å². The van der Waals surface area contributed by atoms with Gasteiger partial charge in [-0.1, -0.05) is 82.7 Å². The molecular formula is C22H36BN. The van der Waals surface area contributed by atoms with Gasteiger partial charge in [0, 0.05) is 11.7 Å². The van der Waals surface area contributed by atoms with E-state index in [0.29, 0.717) is 0 Å². The second-order valence-corrected chi connectivity index (χ2v) is 8.90. The van der Waals surface area contributed by atoms with Crippen molar-refractivity contribution in [1.82, 2.24) is 4.81 Å². The predicted octanol–water partition coefficient (Wildman–Crippen LogP) is 6.52. The topological polar surface area (TPSA) is 3.24 Å². The Morgan fingerprint density at radius 2 is 1.29 bits per heavy atom. The molecule has 3 fully saturated rings. The molecular weight excluding hydrogens is 289 g/mol. The monoisotopic (exact) mass is 325 g/mol. The maximum atomic E-state index is 2.99. The van der Waals surface area contributed by atoms with E-state index in [1.54, 1.807) is 5.70 Å². The van der Waals surface area contributed by atoms with Crippen LogP contribution in [0.1, 0.15) is 96.3 Å². The van der Waals surface area contributed by atoms with E-state index in [0.717, 1.165) is 24.6 Å². The summed E-state index contributed by atoms with van der Waals surface area (Å²) in [7, 11) is 0. The van der Waals surface area contributed by atoms with Gasteiger partial charge in [0.25, 0.3) is 6.85 Å². The molecule has 0 aromatic rings. The van der Waals surface area contributed by atoms with Gasteiger partial charge in [-0.05, 0) is 43.5 Å². The molecule has 0 amide bonds. The van der Waals surface area contributed by atoms with Gasteiger partial charge in [-0.25, -0.2) is 0 Å². The number of nitrogens with zero attached hydrogens (tertiary/aromatic N) is 1. The zero-order valence-electron chi connectivity index (χ0n) is 15.6. The lowest BCUT2D eigenvalue weighted by Gasteiger charge is -2.48. The van der Waals surface area contributed by atoms with Gasteiger partial charge in [-0.15, -0.1) is 0 Å². The largest absolute Gasteiger partial charge is 0.411 e. The molecule has 0 atom stereocenters. The normalized spacial score (nSPS) is 28.2. The second kappa shape index (κ2) is 8.15. The summed E-state index contributed by atoms with van der Waals surface area (Å²) in [6.07, 6.45) is 26.8. The predicted molar refractivity (Wildman–Crippen MR) is 105 cm³/mol. The van der Waals surface area contributed by atoms with Crippen molar-refractivity contribution < 1.29 is 0 Å². The smallest absolute Gasteiger partial charge is 0.284 e. The molecule has 3 saturated carbocycles. The SMILES string of the molecule is C1=CB(C2CCCCC2)N(C2CCCCC2)C(C2CCCCC2)=C1. The Balaban J connectivity index is 1.58. The summed E-state index contributed by atoms with van der Waals surface area (Å²) in [5.41, 5.74) is 1.75. The first-order valence-electron chi connectivity index (χ1n) is 11.1. The fourth-order valence-electron chi connectivity index (χ4n) is 6.04. The quantitative estimate of drug-likeness (QED) is 0.534. The molecule has 1 heterocycles. The number of hydrogen-bond acceptors (Lipinski definition) is 1. The third kappa shape index (κ3) is 3.63. The van der Waals surface area contributed by atoms with Gasteiger partial charge in [0.05, 0.1) is 0 Å². The Labute approximate surface area is 150 Å². The molecule has 0 aromatic heterocycles. The summed E-state index contributed by atoms with van der Waals surface area (Å²) in [6, 6.07) is 0.837. The van der Waals surface area contributed by atoms with E-state index in [-0.39, 0.29) is 0 Å². The number of rotatable bonds is 3. The molecule has 0 saturated heterocycles. The van der Waals surface area contributed by atoms with Crippen molar-refractivity contribution in [2.24, 2.45) is 5.92 Å². The summed E-state index contributed by atoms with van der Waals surface area (Å²) in [5.74, 6) is 4.36. The summed E-state index contributed by atoms with van der Waals surface area (Å²) >= 11 is 0. The van der Waals surface area contributed by atoms with Crippen molar-refractivity contribution in [3.63, 3.8) is 0 Å². The Morgan fingerprint density at radius 3 is 1.96 bits per heavy atom. The lowest BCUT2D eigenvalue weighted by molar-refractivity contribution is 0.246. The van der Waals surface area contributed by atoms with Crippen molar-refractivity contribution in [2.45, 2.75) is 108 Å². The average molecular weight is 325 g/mol. The van der Waals surface area contributed by atoms with E-state index in [1.165, 1.54) is 96.3 Å². The molecule has 3 aliphatic carbocycles. The molecule has 0 N–H and O–H groups in total. The molecule has 0 bridgehead atoms. The first-order chi connectivity index (χ1) is 11.9. The zero-order chi connectivity index (χ0) is 16.2. The third-order valence-corrected chi connectivity index (χ3v) is 7.32. The van der Waals surface area contributed by atoms with Crippen LogP contribution in [-0.2, 0) is 0 Å². The summed E-state index contributed by atoms with van der Waals surface area (Å²) in [4.78, 5) is 2.99. The highest BCUT2D eigenvalue weighted by molar-refractivity contribution is 6.63. The van der Waals surface area contributed by atoms with E-state index in [1.807, 2.05) is 0 Å². The van der Waals surface area contributed by atoms with Gasteiger partial charge >= 0.3 is 0 Å². The minimum atomic E-state index is 0.718. The molecule has 4 aliphatic rings. The molecule has 24 heavy (non-hydrogen) atoms. The van der Waals surface area contributed by atoms with Gasteiger partial charge < -0.3 is 4.81 Å². The maximum absolute atomic E-state index is 2.99. The van der Waals surface area contributed by atoms with Gasteiger partial charge in [0.2, 0.25) is 0 Å². The van der Waals surface area contributed by atoms with E-state index >= 15 is 0 Å². The Morgan fingerprint density at radius 1 is 0.708 bits per heavy atom. The molecule has 0 unspecified atom stereocenters. The highest BCUT2D eigenvalue weighted by Crippen LogP contribution is 2.42. The second-order valence-electron chi connectivity index (χ2n) is 8.90. The van der Waals surface area contributed by atoms with Gasteiger partial charge in [-0.3, -0.25) is 0 Å². The van der Waals surface area contributed by atoms with Crippen molar-refractivity contribution in [1.29, 1.82) is 0 Å². The van der Waals surface area contributed by atoms with Gasteiger partial charge in [0.15, 0.2) is 0 Å². The fourth-order valence-corrected chi connectivity index (χ4v) is 6.04. The van der Waals surface area contributed by atoms with Crippen molar-refractivity contribution in [3.8, 4) is 0 Å². The fraction of sp³-hybridized carbons (Fsp3) is 0.818. The molecule has 1 nitrogen and oxygen atoms in total. The van der Waals surface area contributed by atoms with Crippen LogP contribution in [0.3, 0.4) is 0 Å². The van der Waals surface area contributed by atoms with Crippen LogP contribution < -0.4 is 0 Å². The number of hydrogen-bond donors (Lipinski definition) is 0. The van der Waals surface area contributed by atoms with E-state index in [4.69, 9.17) is 0 Å². The summed E-state index contributed by atoms with van der Waals surface area (Å²) in [5, 5.41) is 0. The first kappa shape index (κ1) is 16.8. The highest BCUT2D eigenvalue weighted by atomic mass is 15.1. The lowest BCUT2D eigenvalue weighted by Crippen LogP contribution is -2.51. The molecule has 4 rings (SSSR count). The third-order valence-electron chi connectivity index (χ3n) is 7.32. The van der Waals surface area contributed by atoms with Crippen LogP contribution in [0.5, 0.6) is 0 Å². The van der Waals surface area contributed by atoms with Crippen LogP contribution in [-0.4, -0.2) is 17.7 Å². The Hall–Kier alpha value is -0.655. The number of allylic oxidation sites excluding steroid dienone is 3. The zero-order valence-corrected chi connectivity index (χ0v) is 15.6. The van der Waals surface area contributed by atoms with Crippen LogP contribution in [0.2, 0.25) is 5.82 Å². The lowest BCUT2D eigenvalue weighted by atomic mass is 9.44. The molecule has 1 aliphatic heterocycles. The van der Waals surface area contributed by atoms with Crippen molar-refractivity contribution in [3.05, 3.63) is 23.8 Å². The molecule has 0 spiro atoms. The van der Waals surface area contributed by atoms with Gasteiger partial charge in [0.1, 0.15) is 0 Å². The molecule has 132 valence electrons.